The number of aromatic nitrogens is 2. The van der Waals surface area contributed by atoms with Crippen LogP contribution in [0.5, 0.6) is 5.75 Å². The lowest BCUT2D eigenvalue weighted by Crippen LogP contribution is -2.45. The topological polar surface area (TPSA) is 33.0 Å². The van der Waals surface area contributed by atoms with Crippen molar-refractivity contribution in [3.05, 3.63) is 60.6 Å². The summed E-state index contributed by atoms with van der Waals surface area (Å²) in [5, 5.41) is 0. The molecule has 0 amide bonds. The summed E-state index contributed by atoms with van der Waals surface area (Å²) in [6, 6.07) is 14.4. The van der Waals surface area contributed by atoms with Gasteiger partial charge in [0, 0.05) is 32.0 Å². The second-order valence-corrected chi connectivity index (χ2v) is 6.64. The number of pyridine rings is 1. The Balaban J connectivity index is 1.43. The fraction of sp³-hybridized carbons (Fsp3) is 0.350. The van der Waals surface area contributed by atoms with Crippen LogP contribution in [0.4, 0.5) is 5.69 Å². The van der Waals surface area contributed by atoms with Gasteiger partial charge in [0.2, 0.25) is 0 Å². The lowest BCUT2D eigenvalue weighted by Gasteiger charge is -2.37. The number of hydrogen-bond acceptors (Lipinski definition) is 4. The van der Waals surface area contributed by atoms with Crippen molar-refractivity contribution in [2.75, 3.05) is 31.6 Å². The average Bonchev–Trinajstić information content (AvgIpc) is 3.02. The number of ether oxygens (including phenoxy) is 1. The van der Waals surface area contributed by atoms with E-state index in [0.29, 0.717) is 0 Å². The molecule has 0 saturated carbocycles. The van der Waals surface area contributed by atoms with E-state index >= 15 is 0 Å². The summed E-state index contributed by atoms with van der Waals surface area (Å²) in [6.07, 6.45) is 4.30. The van der Waals surface area contributed by atoms with E-state index in [0.717, 1.165) is 43.3 Å². The largest absolute Gasteiger partial charge is 0.485 e. The third kappa shape index (κ3) is 3.33. The van der Waals surface area contributed by atoms with E-state index in [-0.39, 0.29) is 6.10 Å². The summed E-state index contributed by atoms with van der Waals surface area (Å²) in [5.74, 6) is 0.988. The summed E-state index contributed by atoms with van der Waals surface area (Å²) >= 11 is 0. The lowest BCUT2D eigenvalue weighted by molar-refractivity contribution is 0.139. The highest BCUT2D eigenvalue weighted by Gasteiger charge is 2.25. The molecule has 0 saturated heterocycles. The number of anilines is 1. The van der Waals surface area contributed by atoms with Crippen LogP contribution in [0.15, 0.2) is 54.9 Å². The quantitative estimate of drug-likeness (QED) is 0.717. The highest BCUT2D eigenvalue weighted by Crippen LogP contribution is 2.32. The van der Waals surface area contributed by atoms with Gasteiger partial charge in [0.25, 0.3) is 0 Å². The van der Waals surface area contributed by atoms with Gasteiger partial charge in [-0.2, -0.15) is 0 Å². The van der Waals surface area contributed by atoms with E-state index in [1.807, 2.05) is 30.5 Å². The summed E-state index contributed by atoms with van der Waals surface area (Å²) in [4.78, 5) is 9.36. The first kappa shape index (κ1) is 16.0. The summed E-state index contributed by atoms with van der Waals surface area (Å²) < 4.78 is 8.29. The second kappa shape index (κ2) is 6.76. The number of imidazole rings is 1. The first-order valence-corrected chi connectivity index (χ1v) is 8.84. The van der Waals surface area contributed by atoms with E-state index in [1.54, 1.807) is 0 Å². The zero-order valence-corrected chi connectivity index (χ0v) is 14.8. The summed E-state index contributed by atoms with van der Waals surface area (Å²) in [7, 11) is 2.13. The monoisotopic (exact) mass is 336 g/mol. The van der Waals surface area contributed by atoms with Gasteiger partial charge in [-0.25, -0.2) is 4.98 Å². The third-order valence-corrected chi connectivity index (χ3v) is 4.67. The fourth-order valence-corrected chi connectivity index (χ4v) is 3.53. The second-order valence-electron chi connectivity index (χ2n) is 6.64. The molecule has 0 aliphatic carbocycles. The number of likely N-dealkylation sites (N-methyl/N-ethyl adjacent to an activating group) is 2. The van der Waals surface area contributed by atoms with Crippen LogP contribution < -0.4 is 9.64 Å². The number of nitrogens with zero attached hydrogens (tertiary/aromatic N) is 4. The molecule has 3 heterocycles. The van der Waals surface area contributed by atoms with Crippen LogP contribution in [0.2, 0.25) is 0 Å². The summed E-state index contributed by atoms with van der Waals surface area (Å²) in [6.45, 7) is 5.80. The molecule has 2 aromatic heterocycles. The maximum Gasteiger partial charge on any atom is 0.143 e. The molecule has 3 aromatic rings. The highest BCUT2D eigenvalue weighted by atomic mass is 16.5. The van der Waals surface area contributed by atoms with E-state index in [4.69, 9.17) is 4.74 Å². The molecule has 1 aliphatic rings. The van der Waals surface area contributed by atoms with Crippen molar-refractivity contribution < 1.29 is 4.74 Å². The molecule has 0 bridgehead atoms. The van der Waals surface area contributed by atoms with Gasteiger partial charge < -0.3 is 14.0 Å². The molecule has 0 fully saturated rings. The average molecular weight is 336 g/mol. The number of benzene rings is 1. The molecule has 5 heteroatoms. The molecular formula is C20H24N4O. The molecule has 25 heavy (non-hydrogen) atoms. The van der Waals surface area contributed by atoms with Crippen LogP contribution in [0, 0.1) is 0 Å². The van der Waals surface area contributed by atoms with E-state index in [1.165, 1.54) is 5.69 Å². The molecule has 0 N–H and O–H groups in total. The van der Waals surface area contributed by atoms with Crippen LogP contribution in [-0.4, -0.2) is 47.1 Å². The lowest BCUT2D eigenvalue weighted by atomic mass is 10.2. The normalized spacial score (nSPS) is 16.9. The highest BCUT2D eigenvalue weighted by molar-refractivity contribution is 5.60. The van der Waals surface area contributed by atoms with Crippen molar-refractivity contribution >= 4 is 11.3 Å². The Labute approximate surface area is 148 Å². The number of rotatable bonds is 5. The maximum atomic E-state index is 6.22. The minimum atomic E-state index is 0.164. The van der Waals surface area contributed by atoms with Gasteiger partial charge in [0.15, 0.2) is 0 Å². The van der Waals surface area contributed by atoms with E-state index < -0.39 is 0 Å². The zero-order valence-electron chi connectivity index (χ0n) is 14.8. The van der Waals surface area contributed by atoms with Gasteiger partial charge in [0.05, 0.1) is 17.9 Å². The van der Waals surface area contributed by atoms with Gasteiger partial charge in [0.1, 0.15) is 17.5 Å². The van der Waals surface area contributed by atoms with Gasteiger partial charge in [-0.05, 0) is 38.2 Å². The van der Waals surface area contributed by atoms with Crippen LogP contribution in [0.3, 0.4) is 0 Å². The van der Waals surface area contributed by atoms with Gasteiger partial charge in [-0.1, -0.05) is 18.2 Å². The molecular weight excluding hydrogens is 312 g/mol. The fourth-order valence-electron chi connectivity index (χ4n) is 3.53. The molecule has 0 unspecified atom stereocenters. The zero-order chi connectivity index (χ0) is 17.2. The number of fused-ring (bicyclic) bond motifs is 2. The van der Waals surface area contributed by atoms with Crippen LogP contribution in [0.1, 0.15) is 12.6 Å². The molecule has 130 valence electrons. The SMILES string of the molecule is CCN1C[C@H](CN(C)Cc2cn3ccccc3n2)Oc2ccccc21. The molecule has 0 spiro atoms. The van der Waals surface area contributed by atoms with Crippen LogP contribution >= 0.6 is 0 Å². The van der Waals surface area contributed by atoms with Crippen molar-refractivity contribution in [3.8, 4) is 5.75 Å². The Morgan fingerprint density at radius 1 is 1.20 bits per heavy atom. The third-order valence-electron chi connectivity index (χ3n) is 4.67. The maximum absolute atomic E-state index is 6.22. The Morgan fingerprint density at radius 2 is 2.04 bits per heavy atom. The standard InChI is InChI=1S/C20H24N4O/c1-3-23-15-17(25-19-9-5-4-8-18(19)23)14-22(2)12-16-13-24-11-7-6-10-20(24)21-16/h4-11,13,17H,3,12,14-15H2,1-2H3/t17-/m0/s1. The minimum Gasteiger partial charge on any atom is -0.485 e. The molecule has 4 rings (SSSR count). The molecule has 0 radical (unpaired) electrons. The van der Waals surface area contributed by atoms with Crippen LogP contribution in [-0.2, 0) is 6.54 Å². The molecule has 5 nitrogen and oxygen atoms in total. The Hall–Kier alpha value is -2.53. The number of hydrogen-bond donors (Lipinski definition) is 0. The summed E-state index contributed by atoms with van der Waals surface area (Å²) in [5.41, 5.74) is 3.27. The molecule has 1 atom stereocenters. The van der Waals surface area contributed by atoms with Crippen molar-refractivity contribution in [2.45, 2.75) is 19.6 Å². The Bertz CT molecular complexity index is 827. The molecule has 1 aliphatic heterocycles. The van der Waals surface area contributed by atoms with Crippen molar-refractivity contribution in [2.24, 2.45) is 0 Å². The van der Waals surface area contributed by atoms with Crippen molar-refractivity contribution in [1.82, 2.24) is 14.3 Å². The Kier molecular flexibility index (Phi) is 4.32. The Morgan fingerprint density at radius 3 is 2.88 bits per heavy atom. The van der Waals surface area contributed by atoms with Crippen LogP contribution in [0.25, 0.3) is 5.65 Å². The molecule has 1 aromatic carbocycles. The first-order valence-electron chi connectivity index (χ1n) is 8.84. The number of para-hydroxylation sites is 2. The predicted octanol–water partition coefficient (Wildman–Crippen LogP) is 3.05. The van der Waals surface area contributed by atoms with E-state index in [2.05, 4.69) is 57.6 Å². The van der Waals surface area contributed by atoms with Gasteiger partial charge >= 0.3 is 0 Å². The first-order chi connectivity index (χ1) is 12.2. The van der Waals surface area contributed by atoms with Gasteiger partial charge in [-0.15, -0.1) is 0 Å². The van der Waals surface area contributed by atoms with E-state index in [9.17, 15) is 0 Å². The minimum absolute atomic E-state index is 0.164. The smallest absolute Gasteiger partial charge is 0.143 e. The predicted molar refractivity (Wildman–Crippen MR) is 100 cm³/mol. The van der Waals surface area contributed by atoms with Gasteiger partial charge in [-0.3, -0.25) is 4.90 Å². The van der Waals surface area contributed by atoms with Crippen molar-refractivity contribution in [1.29, 1.82) is 0 Å². The van der Waals surface area contributed by atoms with Crippen molar-refractivity contribution in [3.63, 3.8) is 0 Å².